The molecule has 7 heteroatoms. The number of hydrogen-bond donors (Lipinski definition) is 1. The lowest BCUT2D eigenvalue weighted by molar-refractivity contribution is 0.102. The Morgan fingerprint density at radius 1 is 1.16 bits per heavy atom. The first-order chi connectivity index (χ1) is 12.0. The fourth-order valence-corrected chi connectivity index (χ4v) is 2.10. The molecule has 2 aromatic heterocycles. The lowest BCUT2D eigenvalue weighted by Gasteiger charge is -2.08. The molecule has 0 fully saturated rings. The number of rotatable bonds is 4. The highest BCUT2D eigenvalue weighted by Gasteiger charge is 2.08. The van der Waals surface area contributed by atoms with Crippen molar-refractivity contribution in [1.82, 2.24) is 9.55 Å². The van der Waals surface area contributed by atoms with E-state index in [1.165, 1.54) is 41.2 Å². The van der Waals surface area contributed by atoms with Gasteiger partial charge in [0.15, 0.2) is 0 Å². The van der Waals surface area contributed by atoms with Crippen molar-refractivity contribution in [3.63, 3.8) is 0 Å². The van der Waals surface area contributed by atoms with Gasteiger partial charge in [-0.25, -0.2) is 9.37 Å². The topological polar surface area (TPSA) is 73.2 Å². The van der Waals surface area contributed by atoms with Crippen molar-refractivity contribution in [2.24, 2.45) is 7.05 Å². The Kier molecular flexibility index (Phi) is 4.56. The van der Waals surface area contributed by atoms with Gasteiger partial charge >= 0.3 is 0 Å². The van der Waals surface area contributed by atoms with Gasteiger partial charge in [0, 0.05) is 25.4 Å². The Morgan fingerprint density at radius 2 is 2.00 bits per heavy atom. The van der Waals surface area contributed by atoms with Gasteiger partial charge in [0.25, 0.3) is 5.91 Å². The molecular formula is C18H14FN3O3. The van der Waals surface area contributed by atoms with Crippen molar-refractivity contribution in [3.8, 4) is 11.5 Å². The number of nitrogens with one attached hydrogen (secondary N) is 1. The molecule has 25 heavy (non-hydrogen) atoms. The molecule has 0 aliphatic rings. The maximum atomic E-state index is 13.1. The smallest absolute Gasteiger partial charge is 0.258 e. The maximum Gasteiger partial charge on any atom is 0.258 e. The van der Waals surface area contributed by atoms with Crippen molar-refractivity contribution in [3.05, 3.63) is 82.7 Å². The summed E-state index contributed by atoms with van der Waals surface area (Å²) in [5.41, 5.74) is 0.137. The summed E-state index contributed by atoms with van der Waals surface area (Å²) in [5.74, 6) is 0.299. The fourth-order valence-electron chi connectivity index (χ4n) is 2.10. The zero-order valence-corrected chi connectivity index (χ0v) is 13.3. The first-order valence-corrected chi connectivity index (χ1v) is 7.39. The molecule has 1 N–H and O–H groups in total. The summed E-state index contributed by atoms with van der Waals surface area (Å²) in [6.07, 6.45) is 2.86. The molecule has 0 aliphatic heterocycles. The summed E-state index contributed by atoms with van der Waals surface area (Å²) < 4.78 is 19.9. The monoisotopic (exact) mass is 339 g/mol. The Bertz CT molecular complexity index is 968. The summed E-state index contributed by atoms with van der Waals surface area (Å²) in [6, 6.07) is 11.7. The van der Waals surface area contributed by atoms with Crippen molar-refractivity contribution in [2.75, 3.05) is 5.32 Å². The van der Waals surface area contributed by atoms with Gasteiger partial charge in [0.2, 0.25) is 5.56 Å². The van der Waals surface area contributed by atoms with Gasteiger partial charge in [-0.15, -0.1) is 0 Å². The van der Waals surface area contributed by atoms with Gasteiger partial charge in [-0.05, 0) is 30.3 Å². The number of ether oxygens (including phenoxy) is 1. The Labute approximate surface area is 142 Å². The van der Waals surface area contributed by atoms with Crippen LogP contribution in [0.5, 0.6) is 11.5 Å². The molecule has 0 saturated carbocycles. The van der Waals surface area contributed by atoms with Crippen molar-refractivity contribution >= 4 is 11.7 Å². The SMILES string of the molecule is Cn1cc(C(=O)Nc2ccc(Oc3cccc(F)c3)cn2)ccc1=O. The summed E-state index contributed by atoms with van der Waals surface area (Å²) in [7, 11) is 1.57. The van der Waals surface area contributed by atoms with Gasteiger partial charge in [-0.2, -0.15) is 0 Å². The van der Waals surface area contributed by atoms with Crippen LogP contribution in [0.4, 0.5) is 10.2 Å². The minimum absolute atomic E-state index is 0.200. The Morgan fingerprint density at radius 3 is 2.68 bits per heavy atom. The Hall–Kier alpha value is -3.48. The average molecular weight is 339 g/mol. The number of hydrogen-bond acceptors (Lipinski definition) is 4. The zero-order chi connectivity index (χ0) is 17.8. The van der Waals surface area contributed by atoms with Crippen LogP contribution in [0.25, 0.3) is 0 Å². The summed E-state index contributed by atoms with van der Waals surface area (Å²) >= 11 is 0. The van der Waals surface area contributed by atoms with E-state index >= 15 is 0 Å². The number of amides is 1. The molecule has 1 amide bonds. The maximum absolute atomic E-state index is 13.1. The van der Waals surface area contributed by atoms with E-state index in [1.54, 1.807) is 31.3 Å². The largest absolute Gasteiger partial charge is 0.456 e. The third-order valence-corrected chi connectivity index (χ3v) is 3.36. The first-order valence-electron chi connectivity index (χ1n) is 7.39. The molecule has 6 nitrogen and oxygen atoms in total. The number of anilines is 1. The third-order valence-electron chi connectivity index (χ3n) is 3.36. The van der Waals surface area contributed by atoms with E-state index in [-0.39, 0.29) is 11.5 Å². The van der Waals surface area contributed by atoms with Crippen molar-refractivity contribution in [1.29, 1.82) is 0 Å². The highest BCUT2D eigenvalue weighted by Crippen LogP contribution is 2.22. The van der Waals surface area contributed by atoms with Crippen LogP contribution in [0.15, 0.2) is 65.7 Å². The highest BCUT2D eigenvalue weighted by molar-refractivity contribution is 6.03. The molecule has 0 radical (unpaired) electrons. The van der Waals surface area contributed by atoms with E-state index in [0.717, 1.165) is 0 Å². The number of halogens is 1. The van der Waals surface area contributed by atoms with Crippen LogP contribution in [-0.4, -0.2) is 15.5 Å². The van der Waals surface area contributed by atoms with Gasteiger partial charge in [-0.1, -0.05) is 6.07 Å². The predicted molar refractivity (Wildman–Crippen MR) is 90.3 cm³/mol. The number of carbonyl (C=O) groups is 1. The molecular weight excluding hydrogens is 325 g/mol. The number of pyridine rings is 2. The number of aryl methyl sites for hydroxylation is 1. The van der Waals surface area contributed by atoms with Crippen LogP contribution < -0.4 is 15.6 Å². The van der Waals surface area contributed by atoms with Crippen LogP contribution in [0, 0.1) is 5.82 Å². The number of nitrogens with zero attached hydrogens (tertiary/aromatic N) is 2. The van der Waals surface area contributed by atoms with Gasteiger partial charge < -0.3 is 14.6 Å². The molecule has 0 bridgehead atoms. The van der Waals surface area contributed by atoms with E-state index in [4.69, 9.17) is 4.74 Å². The second-order valence-electron chi connectivity index (χ2n) is 5.26. The standard InChI is InChI=1S/C18H14FN3O3/c1-22-11-12(5-8-17(22)23)18(24)21-16-7-6-15(10-20-16)25-14-4-2-3-13(19)9-14/h2-11H,1H3,(H,20,21,24). The summed E-state index contributed by atoms with van der Waals surface area (Å²) in [5, 5.41) is 2.62. The van der Waals surface area contributed by atoms with Crippen LogP contribution in [0.2, 0.25) is 0 Å². The highest BCUT2D eigenvalue weighted by atomic mass is 19.1. The van der Waals surface area contributed by atoms with Crippen LogP contribution >= 0.6 is 0 Å². The fraction of sp³-hybridized carbons (Fsp3) is 0.0556. The molecule has 3 aromatic rings. The molecule has 2 heterocycles. The first kappa shape index (κ1) is 16.4. The lowest BCUT2D eigenvalue weighted by Crippen LogP contribution is -2.19. The van der Waals surface area contributed by atoms with Crippen molar-refractivity contribution in [2.45, 2.75) is 0 Å². The quantitative estimate of drug-likeness (QED) is 0.793. The average Bonchev–Trinajstić information content (AvgIpc) is 2.59. The number of benzene rings is 1. The second kappa shape index (κ2) is 6.96. The third kappa shape index (κ3) is 4.08. The minimum atomic E-state index is -0.397. The summed E-state index contributed by atoms with van der Waals surface area (Å²) in [4.78, 5) is 27.6. The number of aromatic nitrogens is 2. The molecule has 0 aliphatic carbocycles. The molecule has 0 atom stereocenters. The molecule has 0 saturated heterocycles. The van der Waals surface area contributed by atoms with E-state index in [2.05, 4.69) is 10.3 Å². The van der Waals surface area contributed by atoms with Crippen LogP contribution in [-0.2, 0) is 7.05 Å². The van der Waals surface area contributed by atoms with E-state index in [1.807, 2.05) is 0 Å². The normalized spacial score (nSPS) is 10.3. The molecule has 126 valence electrons. The number of carbonyl (C=O) groups excluding carboxylic acids is 1. The van der Waals surface area contributed by atoms with Crippen molar-refractivity contribution < 1.29 is 13.9 Å². The van der Waals surface area contributed by atoms with Crippen LogP contribution in [0.3, 0.4) is 0 Å². The predicted octanol–water partition coefficient (Wildman–Crippen LogP) is 2.96. The van der Waals surface area contributed by atoms with Gasteiger partial charge in [0.05, 0.1) is 11.8 Å². The summed E-state index contributed by atoms with van der Waals surface area (Å²) in [6.45, 7) is 0. The minimum Gasteiger partial charge on any atom is -0.456 e. The van der Waals surface area contributed by atoms with E-state index in [9.17, 15) is 14.0 Å². The molecule has 0 spiro atoms. The van der Waals surface area contributed by atoms with E-state index in [0.29, 0.717) is 22.9 Å². The van der Waals surface area contributed by atoms with E-state index < -0.39 is 5.82 Å². The van der Waals surface area contributed by atoms with Crippen LogP contribution in [0.1, 0.15) is 10.4 Å². The van der Waals surface area contributed by atoms with Gasteiger partial charge in [-0.3, -0.25) is 9.59 Å². The molecule has 0 unspecified atom stereocenters. The lowest BCUT2D eigenvalue weighted by atomic mass is 10.2. The van der Waals surface area contributed by atoms with Gasteiger partial charge in [0.1, 0.15) is 23.1 Å². The Balaban J connectivity index is 1.68. The second-order valence-corrected chi connectivity index (χ2v) is 5.26. The molecule has 3 rings (SSSR count). The molecule has 1 aromatic carbocycles. The zero-order valence-electron chi connectivity index (χ0n) is 13.3.